The Labute approximate surface area is 80.5 Å². The molecule has 6 nitrogen and oxygen atoms in total. The van der Waals surface area contributed by atoms with Gasteiger partial charge in [0.2, 0.25) is 5.91 Å². The van der Waals surface area contributed by atoms with Gasteiger partial charge < -0.3 is 15.4 Å². The summed E-state index contributed by atoms with van der Waals surface area (Å²) in [6, 6.07) is 1.22. The molecule has 0 radical (unpaired) electrons. The Kier molecular flexibility index (Phi) is 2.72. The SMILES string of the molecule is COC(=O)/C(C#N)=C1\NC(=O)C(C)N1. The van der Waals surface area contributed by atoms with Crippen molar-refractivity contribution in [1.29, 1.82) is 5.26 Å². The highest BCUT2D eigenvalue weighted by Gasteiger charge is 2.28. The topological polar surface area (TPSA) is 91.2 Å². The van der Waals surface area contributed by atoms with E-state index in [1.807, 2.05) is 0 Å². The summed E-state index contributed by atoms with van der Waals surface area (Å²) >= 11 is 0. The molecule has 1 aliphatic heterocycles. The van der Waals surface area contributed by atoms with E-state index in [1.165, 1.54) is 7.11 Å². The van der Waals surface area contributed by atoms with Crippen molar-refractivity contribution in [3.63, 3.8) is 0 Å². The minimum Gasteiger partial charge on any atom is -0.465 e. The van der Waals surface area contributed by atoms with Gasteiger partial charge in [-0.3, -0.25) is 4.79 Å². The maximum absolute atomic E-state index is 11.0. The lowest BCUT2D eigenvalue weighted by molar-refractivity contribution is -0.135. The van der Waals surface area contributed by atoms with E-state index in [4.69, 9.17) is 5.26 Å². The number of methoxy groups -OCH3 is 1. The molecule has 0 saturated carbocycles. The molecule has 2 N–H and O–H groups in total. The van der Waals surface area contributed by atoms with Crippen LogP contribution in [-0.4, -0.2) is 25.0 Å². The van der Waals surface area contributed by atoms with E-state index < -0.39 is 12.0 Å². The predicted octanol–water partition coefficient (Wildman–Crippen LogP) is -0.998. The van der Waals surface area contributed by atoms with Gasteiger partial charge in [0, 0.05) is 0 Å². The molecule has 0 spiro atoms. The highest BCUT2D eigenvalue weighted by atomic mass is 16.5. The fraction of sp³-hybridized carbons (Fsp3) is 0.375. The fourth-order valence-electron chi connectivity index (χ4n) is 0.990. The third kappa shape index (κ3) is 1.66. The van der Waals surface area contributed by atoms with Crippen LogP contribution in [0.25, 0.3) is 0 Å². The first-order valence-electron chi connectivity index (χ1n) is 3.90. The van der Waals surface area contributed by atoms with Crippen LogP contribution in [0, 0.1) is 11.3 Å². The van der Waals surface area contributed by atoms with Crippen molar-refractivity contribution in [3.05, 3.63) is 11.4 Å². The summed E-state index contributed by atoms with van der Waals surface area (Å²) in [6.07, 6.45) is 0. The van der Waals surface area contributed by atoms with Gasteiger partial charge in [0.15, 0.2) is 5.57 Å². The van der Waals surface area contributed by atoms with Crippen molar-refractivity contribution in [2.24, 2.45) is 0 Å². The van der Waals surface area contributed by atoms with Crippen molar-refractivity contribution in [3.8, 4) is 6.07 Å². The lowest BCUT2D eigenvalue weighted by Crippen LogP contribution is -2.23. The van der Waals surface area contributed by atoms with Gasteiger partial charge in [0.05, 0.1) is 7.11 Å². The average Bonchev–Trinajstić information content (AvgIpc) is 2.48. The van der Waals surface area contributed by atoms with Crippen LogP contribution in [0.5, 0.6) is 0 Å². The summed E-state index contributed by atoms with van der Waals surface area (Å²) < 4.78 is 4.38. The molecule has 1 rings (SSSR count). The quantitative estimate of drug-likeness (QED) is 0.318. The van der Waals surface area contributed by atoms with E-state index in [2.05, 4.69) is 15.4 Å². The minimum absolute atomic E-state index is 0.108. The van der Waals surface area contributed by atoms with E-state index in [0.29, 0.717) is 0 Å². The van der Waals surface area contributed by atoms with Gasteiger partial charge in [0.1, 0.15) is 17.9 Å². The zero-order valence-electron chi connectivity index (χ0n) is 7.75. The number of carbonyl (C=O) groups is 2. The Morgan fingerprint density at radius 3 is 2.64 bits per heavy atom. The Hall–Kier alpha value is -2.03. The van der Waals surface area contributed by atoms with Crippen LogP contribution in [0.4, 0.5) is 0 Å². The Morgan fingerprint density at radius 2 is 2.29 bits per heavy atom. The molecule has 1 aliphatic rings. The molecular formula is C8H9N3O3. The summed E-state index contributed by atoms with van der Waals surface area (Å²) in [5.41, 5.74) is -0.231. The summed E-state index contributed by atoms with van der Waals surface area (Å²) in [5.74, 6) is -0.946. The fourth-order valence-corrected chi connectivity index (χ4v) is 0.990. The molecular weight excluding hydrogens is 186 g/mol. The highest BCUT2D eigenvalue weighted by Crippen LogP contribution is 2.06. The van der Waals surface area contributed by atoms with Crippen molar-refractivity contribution in [2.45, 2.75) is 13.0 Å². The van der Waals surface area contributed by atoms with E-state index in [0.717, 1.165) is 0 Å². The first kappa shape index (κ1) is 10.1. The maximum atomic E-state index is 11.0. The first-order chi connectivity index (χ1) is 6.60. The summed E-state index contributed by atoms with van der Waals surface area (Å²) in [6.45, 7) is 1.62. The van der Waals surface area contributed by atoms with Crippen LogP contribution in [0.2, 0.25) is 0 Å². The van der Waals surface area contributed by atoms with Crippen LogP contribution in [0.1, 0.15) is 6.92 Å². The number of hydrogen-bond donors (Lipinski definition) is 2. The lowest BCUT2D eigenvalue weighted by atomic mass is 10.3. The summed E-state index contributed by atoms with van der Waals surface area (Å²) in [4.78, 5) is 22.1. The maximum Gasteiger partial charge on any atom is 0.352 e. The Balaban J connectivity index is 2.99. The van der Waals surface area contributed by atoms with Gasteiger partial charge in [0.25, 0.3) is 0 Å². The molecule has 1 atom stereocenters. The Bertz CT molecular complexity index is 353. The monoisotopic (exact) mass is 195 g/mol. The molecule has 1 heterocycles. The van der Waals surface area contributed by atoms with Crippen LogP contribution in [0.15, 0.2) is 11.4 Å². The van der Waals surface area contributed by atoms with Crippen molar-refractivity contribution >= 4 is 11.9 Å². The molecule has 6 heteroatoms. The molecule has 0 aromatic heterocycles. The second-order valence-electron chi connectivity index (χ2n) is 2.71. The number of nitriles is 1. The van der Waals surface area contributed by atoms with Crippen molar-refractivity contribution in [1.82, 2.24) is 10.6 Å². The molecule has 0 aromatic rings. The van der Waals surface area contributed by atoms with E-state index in [9.17, 15) is 9.59 Å². The van der Waals surface area contributed by atoms with E-state index in [1.54, 1.807) is 13.0 Å². The van der Waals surface area contributed by atoms with Crippen molar-refractivity contribution in [2.75, 3.05) is 7.11 Å². The van der Waals surface area contributed by atoms with Gasteiger partial charge in [-0.15, -0.1) is 0 Å². The third-order valence-electron chi connectivity index (χ3n) is 1.75. The van der Waals surface area contributed by atoms with Crippen LogP contribution >= 0.6 is 0 Å². The molecule has 14 heavy (non-hydrogen) atoms. The molecule has 0 bridgehead atoms. The number of amides is 1. The third-order valence-corrected chi connectivity index (χ3v) is 1.75. The van der Waals surface area contributed by atoms with Crippen LogP contribution in [-0.2, 0) is 14.3 Å². The number of ether oxygens (including phenoxy) is 1. The second-order valence-corrected chi connectivity index (χ2v) is 2.71. The zero-order chi connectivity index (χ0) is 10.7. The molecule has 1 unspecified atom stereocenters. The number of rotatable bonds is 1. The van der Waals surface area contributed by atoms with Crippen LogP contribution < -0.4 is 10.6 Å². The van der Waals surface area contributed by atoms with Gasteiger partial charge in [-0.25, -0.2) is 4.79 Å². The standard InChI is InChI=1S/C8H9N3O3/c1-4-7(12)11-6(10-4)5(3-9)8(13)14-2/h4,10H,1-2H3,(H,11,12)/b6-5-. The largest absolute Gasteiger partial charge is 0.465 e. The number of carbonyl (C=O) groups excluding carboxylic acids is 2. The summed E-state index contributed by atoms with van der Waals surface area (Å²) in [5, 5.41) is 13.7. The molecule has 1 saturated heterocycles. The van der Waals surface area contributed by atoms with E-state index in [-0.39, 0.29) is 17.3 Å². The normalized spacial score (nSPS) is 23.2. The number of nitrogens with zero attached hydrogens (tertiary/aromatic N) is 1. The molecule has 74 valence electrons. The number of hydrogen-bond acceptors (Lipinski definition) is 5. The highest BCUT2D eigenvalue weighted by molar-refractivity contribution is 5.96. The second kappa shape index (κ2) is 3.79. The van der Waals surface area contributed by atoms with Gasteiger partial charge in [-0.1, -0.05) is 0 Å². The predicted molar refractivity (Wildman–Crippen MR) is 45.4 cm³/mol. The average molecular weight is 195 g/mol. The lowest BCUT2D eigenvalue weighted by Gasteiger charge is -2.02. The minimum atomic E-state index is -0.774. The molecule has 0 aliphatic carbocycles. The number of esters is 1. The van der Waals surface area contributed by atoms with Gasteiger partial charge in [-0.2, -0.15) is 5.26 Å². The molecule has 1 fully saturated rings. The van der Waals surface area contributed by atoms with Gasteiger partial charge >= 0.3 is 5.97 Å². The molecule has 0 aromatic carbocycles. The van der Waals surface area contributed by atoms with E-state index >= 15 is 0 Å². The Morgan fingerprint density at radius 1 is 1.64 bits per heavy atom. The first-order valence-corrected chi connectivity index (χ1v) is 3.90. The summed E-state index contributed by atoms with van der Waals surface area (Å²) in [7, 11) is 1.17. The number of nitrogens with one attached hydrogen (secondary N) is 2. The van der Waals surface area contributed by atoms with Crippen LogP contribution in [0.3, 0.4) is 0 Å². The smallest absolute Gasteiger partial charge is 0.352 e. The zero-order valence-corrected chi connectivity index (χ0v) is 7.75. The van der Waals surface area contributed by atoms with Gasteiger partial charge in [-0.05, 0) is 6.92 Å². The molecule has 1 amide bonds. The van der Waals surface area contributed by atoms with Crippen molar-refractivity contribution < 1.29 is 14.3 Å².